The maximum absolute atomic E-state index is 12.0. The fraction of sp³-hybridized carbons (Fsp3) is 0.733. The third-order valence-corrected chi connectivity index (χ3v) is 3.91. The molecule has 6 nitrogen and oxygen atoms in total. The van der Waals surface area contributed by atoms with Gasteiger partial charge < -0.3 is 9.63 Å². The fourth-order valence-corrected chi connectivity index (χ4v) is 2.48. The predicted molar refractivity (Wildman–Crippen MR) is 80.1 cm³/mol. The second kappa shape index (κ2) is 6.58. The molecule has 1 aromatic rings. The number of nitrogens with zero attached hydrogens (tertiary/aromatic N) is 2. The average Bonchev–Trinajstić information content (AvgIpc) is 2.77. The molecule has 0 saturated carbocycles. The van der Waals surface area contributed by atoms with Crippen molar-refractivity contribution in [2.75, 3.05) is 25.0 Å². The molecule has 21 heavy (non-hydrogen) atoms. The Balaban J connectivity index is 1.83. The van der Waals surface area contributed by atoms with Crippen LogP contribution in [0.25, 0.3) is 0 Å². The molecule has 2 rings (SSSR count). The van der Waals surface area contributed by atoms with Crippen molar-refractivity contribution in [1.82, 2.24) is 10.1 Å². The van der Waals surface area contributed by atoms with Gasteiger partial charge in [0.1, 0.15) is 0 Å². The molecule has 1 saturated heterocycles. The van der Waals surface area contributed by atoms with Crippen molar-refractivity contribution < 1.29 is 14.4 Å². The number of rotatable bonds is 4. The number of anilines is 1. The molecular weight excluding hydrogens is 270 g/mol. The summed E-state index contributed by atoms with van der Waals surface area (Å²) in [7, 11) is 0. The normalized spacial score (nSPS) is 24.0. The van der Waals surface area contributed by atoms with Gasteiger partial charge in [0.2, 0.25) is 11.8 Å². The van der Waals surface area contributed by atoms with Gasteiger partial charge in [0, 0.05) is 12.6 Å². The van der Waals surface area contributed by atoms with Crippen LogP contribution in [0.5, 0.6) is 0 Å². The first-order valence-corrected chi connectivity index (χ1v) is 7.57. The van der Waals surface area contributed by atoms with E-state index < -0.39 is 5.60 Å². The number of aromatic nitrogens is 1. The number of nitrogens with one attached hydrogen (secondary N) is 1. The van der Waals surface area contributed by atoms with Gasteiger partial charge in [-0.1, -0.05) is 19.0 Å². The van der Waals surface area contributed by atoms with Crippen LogP contribution in [0.3, 0.4) is 0 Å². The summed E-state index contributed by atoms with van der Waals surface area (Å²) in [6.07, 6.45) is 2.38. The maximum atomic E-state index is 12.0. The molecule has 0 bridgehead atoms. The molecule has 1 amide bonds. The summed E-state index contributed by atoms with van der Waals surface area (Å²) in [6.45, 7) is 7.77. The summed E-state index contributed by atoms with van der Waals surface area (Å²) in [6, 6.07) is 1.76. The number of aliphatic hydroxyl groups is 1. The van der Waals surface area contributed by atoms with Crippen molar-refractivity contribution in [3.8, 4) is 0 Å². The van der Waals surface area contributed by atoms with E-state index >= 15 is 0 Å². The Hall–Kier alpha value is -1.40. The van der Waals surface area contributed by atoms with Crippen LogP contribution in [0.2, 0.25) is 0 Å². The van der Waals surface area contributed by atoms with E-state index in [-0.39, 0.29) is 11.8 Å². The maximum Gasteiger partial charge on any atom is 0.240 e. The molecule has 1 fully saturated rings. The summed E-state index contributed by atoms with van der Waals surface area (Å²) >= 11 is 0. The molecule has 1 aliphatic rings. The summed E-state index contributed by atoms with van der Waals surface area (Å²) in [5.41, 5.74) is 0.221. The van der Waals surface area contributed by atoms with Crippen LogP contribution in [0.4, 0.5) is 5.88 Å². The standard InChI is InChI=1S/C15H25N3O3/c1-11(2)12-9-14(21-17-12)16-13(19)10-18-7-4-5-15(3,20)6-8-18/h9,11,20H,4-8,10H2,1-3H3,(H,16,19). The first-order valence-electron chi connectivity index (χ1n) is 7.57. The molecule has 0 radical (unpaired) electrons. The minimum Gasteiger partial charge on any atom is -0.390 e. The van der Waals surface area contributed by atoms with E-state index in [9.17, 15) is 9.90 Å². The van der Waals surface area contributed by atoms with Gasteiger partial charge in [-0.2, -0.15) is 0 Å². The monoisotopic (exact) mass is 295 g/mol. The Morgan fingerprint density at radius 3 is 2.95 bits per heavy atom. The van der Waals surface area contributed by atoms with E-state index in [1.54, 1.807) is 6.07 Å². The van der Waals surface area contributed by atoms with Crippen molar-refractivity contribution in [3.05, 3.63) is 11.8 Å². The Kier molecular flexibility index (Phi) is 5.00. The molecule has 1 atom stereocenters. The Bertz CT molecular complexity index is 482. The summed E-state index contributed by atoms with van der Waals surface area (Å²) in [4.78, 5) is 14.1. The molecule has 1 aliphatic heterocycles. The van der Waals surface area contributed by atoms with Crippen LogP contribution >= 0.6 is 0 Å². The lowest BCUT2D eigenvalue weighted by Gasteiger charge is -2.21. The third kappa shape index (κ3) is 4.82. The van der Waals surface area contributed by atoms with Gasteiger partial charge in [0.15, 0.2) is 0 Å². The molecule has 1 unspecified atom stereocenters. The van der Waals surface area contributed by atoms with Crippen molar-refractivity contribution in [1.29, 1.82) is 0 Å². The van der Waals surface area contributed by atoms with Gasteiger partial charge in [-0.25, -0.2) is 0 Å². The number of hydrogen-bond acceptors (Lipinski definition) is 5. The molecule has 2 N–H and O–H groups in total. The highest BCUT2D eigenvalue weighted by molar-refractivity contribution is 5.90. The number of amides is 1. The minimum atomic E-state index is -0.609. The first-order chi connectivity index (χ1) is 9.85. The van der Waals surface area contributed by atoms with E-state index in [4.69, 9.17) is 4.52 Å². The van der Waals surface area contributed by atoms with Crippen LogP contribution in [-0.2, 0) is 4.79 Å². The largest absolute Gasteiger partial charge is 0.390 e. The lowest BCUT2D eigenvalue weighted by Crippen LogP contribution is -2.35. The Morgan fingerprint density at radius 1 is 1.52 bits per heavy atom. The van der Waals surface area contributed by atoms with Crippen molar-refractivity contribution in [2.24, 2.45) is 0 Å². The van der Waals surface area contributed by atoms with Gasteiger partial charge in [-0.3, -0.25) is 15.0 Å². The average molecular weight is 295 g/mol. The highest BCUT2D eigenvalue weighted by atomic mass is 16.5. The molecule has 0 aromatic carbocycles. The van der Waals surface area contributed by atoms with Crippen LogP contribution < -0.4 is 5.32 Å². The molecular formula is C15H25N3O3. The van der Waals surface area contributed by atoms with E-state index in [2.05, 4.69) is 15.4 Å². The molecule has 118 valence electrons. The van der Waals surface area contributed by atoms with Gasteiger partial charge >= 0.3 is 0 Å². The van der Waals surface area contributed by atoms with E-state index in [1.165, 1.54) is 0 Å². The third-order valence-electron chi connectivity index (χ3n) is 3.91. The zero-order valence-electron chi connectivity index (χ0n) is 13.1. The highest BCUT2D eigenvalue weighted by Crippen LogP contribution is 2.21. The molecule has 0 spiro atoms. The zero-order chi connectivity index (χ0) is 15.5. The topological polar surface area (TPSA) is 78.6 Å². The lowest BCUT2D eigenvalue weighted by atomic mass is 9.98. The second-order valence-corrected chi connectivity index (χ2v) is 6.45. The fourth-order valence-electron chi connectivity index (χ4n) is 2.48. The number of carbonyl (C=O) groups excluding carboxylic acids is 1. The molecule has 1 aromatic heterocycles. The van der Waals surface area contributed by atoms with Gasteiger partial charge in [0.25, 0.3) is 0 Å². The van der Waals surface area contributed by atoms with Gasteiger partial charge in [-0.05, 0) is 38.6 Å². The summed E-state index contributed by atoms with van der Waals surface area (Å²) in [5.74, 6) is 0.556. The zero-order valence-corrected chi connectivity index (χ0v) is 13.1. The highest BCUT2D eigenvalue weighted by Gasteiger charge is 2.25. The smallest absolute Gasteiger partial charge is 0.240 e. The Morgan fingerprint density at radius 2 is 2.29 bits per heavy atom. The minimum absolute atomic E-state index is 0.108. The predicted octanol–water partition coefficient (Wildman–Crippen LogP) is 1.97. The molecule has 0 aliphatic carbocycles. The van der Waals surface area contributed by atoms with Crippen molar-refractivity contribution >= 4 is 11.8 Å². The Labute approximate surface area is 125 Å². The number of hydrogen-bond donors (Lipinski definition) is 2. The van der Waals surface area contributed by atoms with E-state index in [0.29, 0.717) is 18.8 Å². The molecule has 6 heteroatoms. The van der Waals surface area contributed by atoms with E-state index in [1.807, 2.05) is 20.8 Å². The SMILES string of the molecule is CC(C)c1cc(NC(=O)CN2CCCC(C)(O)CC2)on1. The number of carbonyl (C=O) groups is 1. The van der Waals surface area contributed by atoms with Crippen molar-refractivity contribution in [2.45, 2.75) is 51.6 Å². The van der Waals surface area contributed by atoms with Crippen LogP contribution in [-0.4, -0.2) is 46.3 Å². The van der Waals surface area contributed by atoms with E-state index in [0.717, 1.165) is 31.6 Å². The van der Waals surface area contributed by atoms with Crippen LogP contribution in [0, 0.1) is 0 Å². The van der Waals surface area contributed by atoms with Crippen LogP contribution in [0.1, 0.15) is 51.6 Å². The quantitative estimate of drug-likeness (QED) is 0.888. The van der Waals surface area contributed by atoms with Gasteiger partial charge in [-0.15, -0.1) is 0 Å². The van der Waals surface area contributed by atoms with Crippen LogP contribution in [0.15, 0.2) is 10.6 Å². The molecule has 2 heterocycles. The van der Waals surface area contributed by atoms with Crippen molar-refractivity contribution in [3.63, 3.8) is 0 Å². The first kappa shape index (κ1) is 16.0. The second-order valence-electron chi connectivity index (χ2n) is 6.45. The van der Waals surface area contributed by atoms with Gasteiger partial charge in [0.05, 0.1) is 17.8 Å². The summed E-state index contributed by atoms with van der Waals surface area (Å²) in [5, 5.41) is 16.7. The number of likely N-dealkylation sites (tertiary alicyclic amines) is 1. The lowest BCUT2D eigenvalue weighted by molar-refractivity contribution is -0.117. The summed E-state index contributed by atoms with van der Waals surface area (Å²) < 4.78 is 5.10.